The van der Waals surface area contributed by atoms with Gasteiger partial charge in [-0.25, -0.2) is 0 Å². The molecule has 1 aliphatic rings. The Kier molecular flexibility index (Phi) is 1.89. The summed E-state index contributed by atoms with van der Waals surface area (Å²) in [6.45, 7) is 3.03. The van der Waals surface area contributed by atoms with E-state index in [1.54, 1.807) is 0 Å². The molecule has 1 heterocycles. The standard InChI is InChI=1S/C9H14N2O/c1-2-11-9-4-3-8(12)5-7(9)6-10-11/h6,8,12H,2-5H2,1H3. The molecule has 0 radical (unpaired) electrons. The number of fused-ring (bicyclic) bond motifs is 1. The van der Waals surface area contributed by atoms with E-state index >= 15 is 0 Å². The van der Waals surface area contributed by atoms with Crippen LogP contribution in [0.4, 0.5) is 0 Å². The molecule has 1 N–H and O–H groups in total. The fourth-order valence-electron chi connectivity index (χ4n) is 1.84. The van der Waals surface area contributed by atoms with Crippen molar-refractivity contribution in [3.8, 4) is 0 Å². The monoisotopic (exact) mass is 166 g/mol. The zero-order valence-electron chi connectivity index (χ0n) is 7.32. The summed E-state index contributed by atoms with van der Waals surface area (Å²) in [7, 11) is 0. The zero-order chi connectivity index (χ0) is 8.55. The van der Waals surface area contributed by atoms with Crippen molar-refractivity contribution in [1.29, 1.82) is 0 Å². The maximum atomic E-state index is 9.40. The number of hydrogen-bond acceptors (Lipinski definition) is 2. The lowest BCUT2D eigenvalue weighted by molar-refractivity contribution is 0.157. The van der Waals surface area contributed by atoms with Crippen LogP contribution in [0, 0.1) is 0 Å². The fraction of sp³-hybridized carbons (Fsp3) is 0.667. The lowest BCUT2D eigenvalue weighted by Gasteiger charge is -2.17. The third-order valence-corrected chi connectivity index (χ3v) is 2.50. The van der Waals surface area contributed by atoms with Crippen LogP contribution in [-0.2, 0) is 19.4 Å². The minimum Gasteiger partial charge on any atom is -0.393 e. The SMILES string of the molecule is CCn1ncc2c1CCC(O)C2. The van der Waals surface area contributed by atoms with Gasteiger partial charge in [0, 0.05) is 18.7 Å². The maximum Gasteiger partial charge on any atom is 0.0585 e. The summed E-state index contributed by atoms with van der Waals surface area (Å²) in [5, 5.41) is 13.7. The van der Waals surface area contributed by atoms with Gasteiger partial charge in [-0.1, -0.05) is 0 Å². The Morgan fingerprint density at radius 1 is 1.75 bits per heavy atom. The second kappa shape index (κ2) is 2.90. The van der Waals surface area contributed by atoms with E-state index in [1.807, 2.05) is 10.9 Å². The van der Waals surface area contributed by atoms with Gasteiger partial charge in [0.25, 0.3) is 0 Å². The second-order valence-electron chi connectivity index (χ2n) is 3.33. The summed E-state index contributed by atoms with van der Waals surface area (Å²) < 4.78 is 2.03. The predicted octanol–water partition coefficient (Wildman–Crippen LogP) is 0.753. The van der Waals surface area contributed by atoms with E-state index in [-0.39, 0.29) is 6.10 Å². The molecule has 3 nitrogen and oxygen atoms in total. The van der Waals surface area contributed by atoms with Gasteiger partial charge in [0.2, 0.25) is 0 Å². The van der Waals surface area contributed by atoms with E-state index < -0.39 is 0 Å². The molecule has 0 bridgehead atoms. The van der Waals surface area contributed by atoms with E-state index in [4.69, 9.17) is 0 Å². The first-order valence-corrected chi connectivity index (χ1v) is 4.53. The highest BCUT2D eigenvalue weighted by Crippen LogP contribution is 2.20. The summed E-state index contributed by atoms with van der Waals surface area (Å²) >= 11 is 0. The fourth-order valence-corrected chi connectivity index (χ4v) is 1.84. The Morgan fingerprint density at radius 2 is 2.58 bits per heavy atom. The Bertz CT molecular complexity index is 280. The average Bonchev–Trinajstić information content (AvgIpc) is 2.46. The highest BCUT2D eigenvalue weighted by atomic mass is 16.3. The number of aromatic nitrogens is 2. The van der Waals surface area contributed by atoms with E-state index in [9.17, 15) is 5.11 Å². The molecular formula is C9H14N2O. The Balaban J connectivity index is 2.32. The van der Waals surface area contributed by atoms with E-state index in [0.29, 0.717) is 0 Å². The molecule has 0 amide bonds. The first-order valence-electron chi connectivity index (χ1n) is 4.53. The van der Waals surface area contributed by atoms with Crippen molar-refractivity contribution in [2.24, 2.45) is 0 Å². The van der Waals surface area contributed by atoms with E-state index in [1.165, 1.54) is 11.3 Å². The smallest absolute Gasteiger partial charge is 0.0585 e. The van der Waals surface area contributed by atoms with Crippen LogP contribution in [0.3, 0.4) is 0 Å². The quantitative estimate of drug-likeness (QED) is 0.668. The number of aliphatic hydroxyl groups is 1. The molecule has 0 aliphatic heterocycles. The van der Waals surface area contributed by atoms with Crippen LogP contribution in [0.25, 0.3) is 0 Å². The molecule has 3 heteroatoms. The van der Waals surface area contributed by atoms with Crippen LogP contribution in [0.2, 0.25) is 0 Å². The predicted molar refractivity (Wildman–Crippen MR) is 45.9 cm³/mol. The molecule has 0 aromatic carbocycles. The molecule has 66 valence electrons. The average molecular weight is 166 g/mol. The summed E-state index contributed by atoms with van der Waals surface area (Å²) in [5.41, 5.74) is 2.55. The van der Waals surface area contributed by atoms with Crippen LogP contribution < -0.4 is 0 Å². The van der Waals surface area contributed by atoms with Crippen molar-refractivity contribution >= 4 is 0 Å². The van der Waals surface area contributed by atoms with Crippen LogP contribution in [0.15, 0.2) is 6.20 Å². The highest BCUT2D eigenvalue weighted by molar-refractivity contribution is 5.21. The van der Waals surface area contributed by atoms with E-state index in [2.05, 4.69) is 12.0 Å². The van der Waals surface area contributed by atoms with Crippen molar-refractivity contribution < 1.29 is 5.11 Å². The third kappa shape index (κ3) is 1.14. The summed E-state index contributed by atoms with van der Waals surface area (Å²) in [5.74, 6) is 0. The largest absolute Gasteiger partial charge is 0.393 e. The Labute approximate surface area is 72.0 Å². The summed E-state index contributed by atoms with van der Waals surface area (Å²) in [6, 6.07) is 0. The molecule has 12 heavy (non-hydrogen) atoms. The summed E-state index contributed by atoms with van der Waals surface area (Å²) in [6.07, 6.45) is 4.39. The lowest BCUT2D eigenvalue weighted by Crippen LogP contribution is -2.19. The molecule has 1 unspecified atom stereocenters. The maximum absolute atomic E-state index is 9.40. The minimum atomic E-state index is -0.146. The Morgan fingerprint density at radius 3 is 3.33 bits per heavy atom. The molecule has 1 atom stereocenters. The second-order valence-corrected chi connectivity index (χ2v) is 3.33. The number of rotatable bonds is 1. The van der Waals surface area contributed by atoms with Gasteiger partial charge in [0.05, 0.1) is 12.3 Å². The first kappa shape index (κ1) is 7.80. The summed E-state index contributed by atoms with van der Waals surface area (Å²) in [4.78, 5) is 0. The minimum absolute atomic E-state index is 0.146. The van der Waals surface area contributed by atoms with Crippen molar-refractivity contribution in [3.05, 3.63) is 17.5 Å². The van der Waals surface area contributed by atoms with Gasteiger partial charge in [-0.05, 0) is 25.3 Å². The number of aryl methyl sites for hydroxylation is 1. The van der Waals surface area contributed by atoms with Crippen molar-refractivity contribution in [2.45, 2.75) is 38.8 Å². The number of aliphatic hydroxyl groups excluding tert-OH is 1. The highest BCUT2D eigenvalue weighted by Gasteiger charge is 2.19. The van der Waals surface area contributed by atoms with Crippen molar-refractivity contribution in [3.63, 3.8) is 0 Å². The molecule has 2 rings (SSSR count). The van der Waals surface area contributed by atoms with Crippen molar-refractivity contribution in [2.75, 3.05) is 0 Å². The van der Waals surface area contributed by atoms with Crippen LogP contribution in [0.5, 0.6) is 0 Å². The topological polar surface area (TPSA) is 38.0 Å². The Hall–Kier alpha value is -0.830. The normalized spacial score (nSPS) is 22.3. The molecule has 0 fully saturated rings. The molecule has 1 aliphatic carbocycles. The van der Waals surface area contributed by atoms with Gasteiger partial charge < -0.3 is 5.11 Å². The zero-order valence-corrected chi connectivity index (χ0v) is 7.32. The van der Waals surface area contributed by atoms with Gasteiger partial charge in [0.15, 0.2) is 0 Å². The van der Waals surface area contributed by atoms with Crippen LogP contribution in [-0.4, -0.2) is 21.0 Å². The molecule has 1 aromatic heterocycles. The van der Waals surface area contributed by atoms with Crippen LogP contribution >= 0.6 is 0 Å². The molecule has 0 saturated carbocycles. The lowest BCUT2D eigenvalue weighted by atomic mass is 9.96. The van der Waals surface area contributed by atoms with Gasteiger partial charge in [-0.2, -0.15) is 5.10 Å². The number of hydrogen-bond donors (Lipinski definition) is 1. The molecule has 0 saturated heterocycles. The van der Waals surface area contributed by atoms with E-state index in [0.717, 1.165) is 25.8 Å². The molecular weight excluding hydrogens is 152 g/mol. The van der Waals surface area contributed by atoms with Crippen molar-refractivity contribution in [1.82, 2.24) is 9.78 Å². The third-order valence-electron chi connectivity index (χ3n) is 2.50. The van der Waals surface area contributed by atoms with Gasteiger partial charge in [-0.15, -0.1) is 0 Å². The van der Waals surface area contributed by atoms with Gasteiger partial charge in [0.1, 0.15) is 0 Å². The molecule has 1 aromatic rings. The van der Waals surface area contributed by atoms with Gasteiger partial charge >= 0.3 is 0 Å². The number of nitrogens with zero attached hydrogens (tertiary/aromatic N) is 2. The first-order chi connectivity index (χ1) is 5.81. The van der Waals surface area contributed by atoms with Crippen LogP contribution in [0.1, 0.15) is 24.6 Å². The molecule has 0 spiro atoms. The van der Waals surface area contributed by atoms with Gasteiger partial charge in [-0.3, -0.25) is 4.68 Å².